The van der Waals surface area contributed by atoms with Crippen molar-refractivity contribution in [3.05, 3.63) is 77.2 Å². The van der Waals surface area contributed by atoms with Crippen molar-refractivity contribution in [2.24, 2.45) is 0 Å². The molecule has 8 heteroatoms. The molecule has 0 radical (unpaired) electrons. The summed E-state index contributed by atoms with van der Waals surface area (Å²) >= 11 is 0. The summed E-state index contributed by atoms with van der Waals surface area (Å²) in [5, 5.41) is 4.04. The Morgan fingerprint density at radius 1 is 0.909 bits per heavy atom. The minimum atomic E-state index is -3.66. The van der Waals surface area contributed by atoms with Crippen LogP contribution < -0.4 is 5.32 Å². The van der Waals surface area contributed by atoms with E-state index >= 15 is 0 Å². The fourth-order valence-corrected chi connectivity index (χ4v) is 4.67. The zero-order chi connectivity index (χ0) is 23.5. The lowest BCUT2D eigenvalue weighted by Crippen LogP contribution is -2.41. The van der Waals surface area contributed by atoms with Gasteiger partial charge >= 0.3 is 0 Å². The normalized spacial score (nSPS) is 15.3. The molecule has 176 valence electrons. The molecule has 0 bridgehead atoms. The van der Waals surface area contributed by atoms with Crippen LogP contribution in [0, 0.1) is 0 Å². The molecule has 1 N–H and O–H groups in total. The van der Waals surface area contributed by atoms with Gasteiger partial charge in [-0.1, -0.05) is 60.7 Å². The van der Waals surface area contributed by atoms with E-state index < -0.39 is 21.5 Å². The summed E-state index contributed by atoms with van der Waals surface area (Å²) in [6.07, 6.45) is 2.98. The van der Waals surface area contributed by atoms with Gasteiger partial charge in [0.05, 0.1) is 6.54 Å². The van der Waals surface area contributed by atoms with E-state index in [2.05, 4.69) is 5.32 Å². The van der Waals surface area contributed by atoms with Crippen molar-refractivity contribution in [1.29, 1.82) is 0 Å². The van der Waals surface area contributed by atoms with Gasteiger partial charge in [0.1, 0.15) is 5.75 Å². The van der Waals surface area contributed by atoms with Crippen LogP contribution in [0.4, 0.5) is 0 Å². The smallest absolute Gasteiger partial charge is 0.238 e. The van der Waals surface area contributed by atoms with Crippen molar-refractivity contribution in [2.45, 2.75) is 12.8 Å². The van der Waals surface area contributed by atoms with Gasteiger partial charge in [-0.05, 0) is 30.0 Å². The molecular weight excluding hydrogens is 438 g/mol. The number of rotatable bonds is 9. The van der Waals surface area contributed by atoms with Crippen LogP contribution in [-0.2, 0) is 25.8 Å². The minimum Gasteiger partial charge on any atom is -0.355 e. The average molecular weight is 470 g/mol. The second-order valence-corrected chi connectivity index (χ2v) is 10.0. The number of carbonyl (C=O) groups is 2. The number of hydrogen-bond donors (Lipinski definition) is 1. The monoisotopic (exact) mass is 469 g/mol. The highest BCUT2D eigenvalue weighted by molar-refractivity contribution is 7.95. The predicted molar refractivity (Wildman–Crippen MR) is 130 cm³/mol. The summed E-state index contributed by atoms with van der Waals surface area (Å²) < 4.78 is 24.7. The van der Waals surface area contributed by atoms with Gasteiger partial charge in [-0.3, -0.25) is 14.5 Å². The minimum absolute atomic E-state index is 0.0423. The van der Waals surface area contributed by atoms with Crippen molar-refractivity contribution >= 4 is 27.7 Å². The Balaban J connectivity index is 1.41. The lowest BCUT2D eigenvalue weighted by atomic mass is 10.1. The molecular formula is C25H31N3O4S. The van der Waals surface area contributed by atoms with Crippen molar-refractivity contribution in [3.63, 3.8) is 0 Å². The number of hydrogen-bond acceptors (Lipinski definition) is 5. The second kappa shape index (κ2) is 12.3. The molecule has 7 nitrogen and oxygen atoms in total. The molecule has 0 aliphatic carbocycles. The Kier molecular flexibility index (Phi) is 9.21. The van der Waals surface area contributed by atoms with Gasteiger partial charge in [0.2, 0.25) is 11.8 Å². The summed E-state index contributed by atoms with van der Waals surface area (Å²) in [5.74, 6) is -0.989. The van der Waals surface area contributed by atoms with Crippen molar-refractivity contribution in [1.82, 2.24) is 15.1 Å². The zero-order valence-electron chi connectivity index (χ0n) is 18.7. The van der Waals surface area contributed by atoms with E-state index in [0.29, 0.717) is 39.1 Å². The average Bonchev–Trinajstić information content (AvgIpc) is 3.05. The molecule has 0 saturated carbocycles. The van der Waals surface area contributed by atoms with Gasteiger partial charge < -0.3 is 10.2 Å². The van der Waals surface area contributed by atoms with E-state index in [-0.39, 0.29) is 12.5 Å². The first-order valence-electron chi connectivity index (χ1n) is 11.2. The van der Waals surface area contributed by atoms with Crippen LogP contribution >= 0.6 is 0 Å². The summed E-state index contributed by atoms with van der Waals surface area (Å²) in [6, 6.07) is 19.1. The predicted octanol–water partition coefficient (Wildman–Crippen LogP) is 1.97. The second-order valence-electron chi connectivity index (χ2n) is 8.12. The fraction of sp³-hybridized carbons (Fsp3) is 0.360. The topological polar surface area (TPSA) is 86.8 Å². The highest BCUT2D eigenvalue weighted by Gasteiger charge is 2.23. The maximum atomic E-state index is 12.6. The highest BCUT2D eigenvalue weighted by Crippen LogP contribution is 2.08. The Morgan fingerprint density at radius 2 is 1.61 bits per heavy atom. The third-order valence-electron chi connectivity index (χ3n) is 5.48. The largest absolute Gasteiger partial charge is 0.355 e. The SMILES string of the molecule is O=C(CN1CCCN(C(=O)CS(=O)(=O)/C=C/c2ccccc2)CC1)NCCc1ccccc1. The molecule has 0 aromatic heterocycles. The van der Waals surface area contributed by atoms with E-state index in [0.717, 1.165) is 17.4 Å². The zero-order valence-corrected chi connectivity index (χ0v) is 19.5. The van der Waals surface area contributed by atoms with Crippen LogP contribution in [0.25, 0.3) is 6.08 Å². The molecule has 2 aromatic rings. The molecule has 2 aromatic carbocycles. The number of benzene rings is 2. The van der Waals surface area contributed by atoms with Gasteiger partial charge in [-0.2, -0.15) is 0 Å². The Bertz CT molecular complexity index is 1040. The maximum Gasteiger partial charge on any atom is 0.238 e. The summed E-state index contributed by atoms with van der Waals surface area (Å²) in [4.78, 5) is 28.5. The first kappa shape index (κ1) is 24.7. The number of amides is 2. The van der Waals surface area contributed by atoms with E-state index in [1.165, 1.54) is 11.6 Å². The van der Waals surface area contributed by atoms with Gasteiger partial charge in [-0.15, -0.1) is 0 Å². The Labute approximate surface area is 196 Å². The molecule has 3 rings (SSSR count). The molecule has 1 saturated heterocycles. The van der Waals surface area contributed by atoms with Gasteiger partial charge in [0.15, 0.2) is 9.84 Å². The summed E-state index contributed by atoms with van der Waals surface area (Å²) in [7, 11) is -3.66. The van der Waals surface area contributed by atoms with Crippen LogP contribution in [0.3, 0.4) is 0 Å². The molecule has 33 heavy (non-hydrogen) atoms. The number of carbonyl (C=O) groups excluding carboxylic acids is 2. The first-order chi connectivity index (χ1) is 15.9. The summed E-state index contributed by atoms with van der Waals surface area (Å²) in [6.45, 7) is 2.98. The fourth-order valence-electron chi connectivity index (χ4n) is 3.69. The molecule has 1 fully saturated rings. The third-order valence-corrected chi connectivity index (χ3v) is 6.68. The van der Waals surface area contributed by atoms with Crippen LogP contribution in [0.15, 0.2) is 66.1 Å². The van der Waals surface area contributed by atoms with Crippen molar-refractivity contribution < 1.29 is 18.0 Å². The number of sulfone groups is 1. The molecule has 1 aliphatic rings. The number of nitrogens with one attached hydrogen (secondary N) is 1. The Hall–Kier alpha value is -2.97. The molecule has 1 aliphatic heterocycles. The molecule has 2 amide bonds. The van der Waals surface area contributed by atoms with Gasteiger partial charge in [-0.25, -0.2) is 8.42 Å². The lowest BCUT2D eigenvalue weighted by Gasteiger charge is -2.21. The molecule has 1 heterocycles. The van der Waals surface area contributed by atoms with Crippen molar-refractivity contribution in [2.75, 3.05) is 45.0 Å². The highest BCUT2D eigenvalue weighted by atomic mass is 32.2. The Morgan fingerprint density at radius 3 is 2.33 bits per heavy atom. The molecule has 0 unspecified atom stereocenters. The standard InChI is InChI=1S/C25H31N3O4S/c29-24(26-14-12-22-8-3-1-4-9-22)20-27-15-7-16-28(18-17-27)25(30)21-33(31,32)19-13-23-10-5-2-6-11-23/h1-6,8-11,13,19H,7,12,14-18,20-21H2,(H,26,29)/b19-13+. The van der Waals surface area contributed by atoms with Gasteiger partial charge in [0, 0.05) is 38.1 Å². The molecule has 0 atom stereocenters. The van der Waals surface area contributed by atoms with E-state index in [1.807, 2.05) is 53.4 Å². The van der Waals surface area contributed by atoms with E-state index in [9.17, 15) is 18.0 Å². The van der Waals surface area contributed by atoms with Crippen molar-refractivity contribution in [3.8, 4) is 0 Å². The summed E-state index contributed by atoms with van der Waals surface area (Å²) in [5.41, 5.74) is 1.94. The van der Waals surface area contributed by atoms with Crippen LogP contribution in [0.5, 0.6) is 0 Å². The quantitative estimate of drug-likeness (QED) is 0.607. The maximum absolute atomic E-state index is 12.6. The van der Waals surface area contributed by atoms with Gasteiger partial charge in [0.25, 0.3) is 0 Å². The van der Waals surface area contributed by atoms with Crippen LogP contribution in [0.1, 0.15) is 17.5 Å². The first-order valence-corrected chi connectivity index (χ1v) is 12.9. The number of nitrogens with zero attached hydrogens (tertiary/aromatic N) is 2. The molecule has 0 spiro atoms. The van der Waals surface area contributed by atoms with E-state index in [4.69, 9.17) is 0 Å². The lowest BCUT2D eigenvalue weighted by molar-refractivity contribution is -0.128. The van der Waals surface area contributed by atoms with Crippen LogP contribution in [-0.4, -0.2) is 75.1 Å². The van der Waals surface area contributed by atoms with Crippen LogP contribution in [0.2, 0.25) is 0 Å². The van der Waals surface area contributed by atoms with E-state index in [1.54, 1.807) is 17.0 Å². The third kappa shape index (κ3) is 8.82.